The van der Waals surface area contributed by atoms with Gasteiger partial charge in [0, 0.05) is 24.2 Å². The molecule has 0 radical (unpaired) electrons. The molecular weight excluding hydrogens is 506 g/mol. The number of nitrogens with zero attached hydrogens (tertiary/aromatic N) is 2. The van der Waals surface area contributed by atoms with Gasteiger partial charge in [0.2, 0.25) is 21.8 Å². The molecule has 0 fully saturated rings. The second-order valence-electron chi connectivity index (χ2n) is 8.74. The Kier molecular flexibility index (Phi) is 10.4. The molecule has 36 heavy (non-hydrogen) atoms. The van der Waals surface area contributed by atoms with Crippen LogP contribution in [0, 0.1) is 5.92 Å². The summed E-state index contributed by atoms with van der Waals surface area (Å²) < 4.78 is 36.9. The third kappa shape index (κ3) is 7.76. The fraction of sp³-hybridized carbons (Fsp3) is 0.440. The molecule has 1 atom stereocenters. The summed E-state index contributed by atoms with van der Waals surface area (Å²) >= 11 is 6.33. The van der Waals surface area contributed by atoms with Crippen LogP contribution in [0.3, 0.4) is 0 Å². The van der Waals surface area contributed by atoms with E-state index < -0.39 is 28.5 Å². The third-order valence-corrected chi connectivity index (χ3v) is 6.99. The first kappa shape index (κ1) is 29.3. The lowest BCUT2D eigenvalue weighted by atomic mass is 10.1. The maximum absolute atomic E-state index is 13.6. The Balaban J connectivity index is 2.43. The number of sulfonamides is 1. The summed E-state index contributed by atoms with van der Waals surface area (Å²) in [5, 5.41) is 3.27. The SMILES string of the molecule is COc1ccc(N(CC(=O)N(Cc2ccccc2Cl)[C@@H](C)C(=O)NCC(C)C)S(C)(=O)=O)cc1OC. The smallest absolute Gasteiger partial charge is 0.244 e. The predicted molar refractivity (Wildman–Crippen MR) is 141 cm³/mol. The van der Waals surface area contributed by atoms with Gasteiger partial charge < -0.3 is 19.7 Å². The number of rotatable bonds is 12. The van der Waals surface area contributed by atoms with E-state index in [9.17, 15) is 18.0 Å². The average Bonchev–Trinajstić information content (AvgIpc) is 2.83. The molecule has 0 spiro atoms. The van der Waals surface area contributed by atoms with Crippen molar-refractivity contribution in [2.75, 3.05) is 37.9 Å². The van der Waals surface area contributed by atoms with E-state index in [0.29, 0.717) is 28.6 Å². The van der Waals surface area contributed by atoms with Crippen LogP contribution < -0.4 is 19.1 Å². The second-order valence-corrected chi connectivity index (χ2v) is 11.1. The van der Waals surface area contributed by atoms with Gasteiger partial charge in [0.15, 0.2) is 11.5 Å². The highest BCUT2D eigenvalue weighted by Crippen LogP contribution is 2.32. The minimum absolute atomic E-state index is 0.0261. The number of halogens is 1. The van der Waals surface area contributed by atoms with Gasteiger partial charge in [-0.15, -0.1) is 0 Å². The zero-order valence-electron chi connectivity index (χ0n) is 21.4. The Labute approximate surface area is 218 Å². The third-order valence-electron chi connectivity index (χ3n) is 5.48. The van der Waals surface area contributed by atoms with Crippen LogP contribution >= 0.6 is 11.6 Å². The van der Waals surface area contributed by atoms with Crippen LogP contribution in [0.25, 0.3) is 0 Å². The van der Waals surface area contributed by atoms with E-state index in [4.69, 9.17) is 21.1 Å². The molecule has 11 heteroatoms. The fourth-order valence-electron chi connectivity index (χ4n) is 3.44. The minimum atomic E-state index is -3.88. The molecule has 0 bridgehead atoms. The largest absolute Gasteiger partial charge is 0.493 e. The van der Waals surface area contributed by atoms with Crippen LogP contribution in [0.2, 0.25) is 5.02 Å². The van der Waals surface area contributed by atoms with E-state index in [2.05, 4.69) is 5.32 Å². The van der Waals surface area contributed by atoms with Crippen LogP contribution in [-0.2, 0) is 26.2 Å². The van der Waals surface area contributed by atoms with Crippen LogP contribution in [0.5, 0.6) is 11.5 Å². The molecule has 0 aliphatic carbocycles. The molecule has 0 heterocycles. The number of carbonyl (C=O) groups is 2. The molecule has 1 N–H and O–H groups in total. The van der Waals surface area contributed by atoms with Gasteiger partial charge >= 0.3 is 0 Å². The molecule has 0 aromatic heterocycles. The van der Waals surface area contributed by atoms with Gasteiger partial charge in [-0.25, -0.2) is 8.42 Å². The molecule has 198 valence electrons. The molecule has 2 aromatic rings. The first-order chi connectivity index (χ1) is 16.9. The van der Waals surface area contributed by atoms with Gasteiger partial charge in [-0.1, -0.05) is 43.6 Å². The van der Waals surface area contributed by atoms with E-state index in [1.165, 1.54) is 31.3 Å². The monoisotopic (exact) mass is 539 g/mol. The molecule has 9 nitrogen and oxygen atoms in total. The maximum atomic E-state index is 13.6. The Bertz CT molecular complexity index is 1170. The fourth-order valence-corrected chi connectivity index (χ4v) is 4.48. The lowest BCUT2D eigenvalue weighted by Gasteiger charge is -2.32. The van der Waals surface area contributed by atoms with Crippen molar-refractivity contribution in [3.63, 3.8) is 0 Å². The Morgan fingerprint density at radius 1 is 1.03 bits per heavy atom. The highest BCUT2D eigenvalue weighted by atomic mass is 35.5. The Morgan fingerprint density at radius 3 is 2.22 bits per heavy atom. The number of hydrogen-bond acceptors (Lipinski definition) is 6. The number of anilines is 1. The van der Waals surface area contributed by atoms with Gasteiger partial charge in [0.05, 0.1) is 26.2 Å². The highest BCUT2D eigenvalue weighted by molar-refractivity contribution is 7.92. The number of amides is 2. The van der Waals surface area contributed by atoms with Crippen LogP contribution in [0.1, 0.15) is 26.3 Å². The lowest BCUT2D eigenvalue weighted by molar-refractivity contribution is -0.139. The summed E-state index contributed by atoms with van der Waals surface area (Å²) in [5.74, 6) is 0.0328. The molecule has 2 rings (SSSR count). The number of nitrogens with one attached hydrogen (secondary N) is 1. The standard InChI is InChI=1S/C25H34ClN3O6S/c1-17(2)14-27-25(31)18(3)28(15-19-9-7-8-10-21(19)26)24(30)16-29(36(6,32)33)20-11-12-22(34-4)23(13-20)35-5/h7-13,17-18H,14-16H2,1-6H3,(H,27,31)/t18-/m0/s1. The van der Waals surface area contributed by atoms with E-state index in [1.54, 1.807) is 37.3 Å². The van der Waals surface area contributed by atoms with Crippen molar-refractivity contribution in [2.45, 2.75) is 33.4 Å². The zero-order valence-corrected chi connectivity index (χ0v) is 23.0. The van der Waals surface area contributed by atoms with Gasteiger partial charge in [-0.3, -0.25) is 13.9 Å². The topological polar surface area (TPSA) is 105 Å². The zero-order chi connectivity index (χ0) is 27.0. The number of methoxy groups -OCH3 is 2. The second kappa shape index (κ2) is 12.8. The number of benzene rings is 2. The first-order valence-electron chi connectivity index (χ1n) is 11.4. The number of carbonyl (C=O) groups excluding carboxylic acids is 2. The lowest BCUT2D eigenvalue weighted by Crippen LogP contribution is -2.51. The van der Waals surface area contributed by atoms with E-state index in [0.717, 1.165) is 10.6 Å². The summed E-state index contributed by atoms with van der Waals surface area (Å²) in [6, 6.07) is 10.7. The quantitative estimate of drug-likeness (QED) is 0.443. The van der Waals surface area contributed by atoms with E-state index in [-0.39, 0.29) is 24.1 Å². The van der Waals surface area contributed by atoms with Gasteiger partial charge in [0.25, 0.3) is 0 Å². The van der Waals surface area contributed by atoms with Crippen molar-refractivity contribution in [3.05, 3.63) is 53.1 Å². The molecule has 0 unspecified atom stereocenters. The first-order valence-corrected chi connectivity index (χ1v) is 13.6. The van der Waals surface area contributed by atoms with Crippen LogP contribution in [0.15, 0.2) is 42.5 Å². The van der Waals surface area contributed by atoms with Gasteiger partial charge in [0.1, 0.15) is 12.6 Å². The highest BCUT2D eigenvalue weighted by Gasteiger charge is 2.30. The summed E-state index contributed by atoms with van der Waals surface area (Å²) in [6.07, 6.45) is 1.01. The average molecular weight is 540 g/mol. The summed E-state index contributed by atoms with van der Waals surface area (Å²) in [7, 11) is -0.980. The minimum Gasteiger partial charge on any atom is -0.493 e. The van der Waals surface area contributed by atoms with Crippen molar-refractivity contribution in [2.24, 2.45) is 5.92 Å². The van der Waals surface area contributed by atoms with E-state index >= 15 is 0 Å². The molecule has 0 aliphatic rings. The van der Waals surface area contributed by atoms with Crippen molar-refractivity contribution in [1.29, 1.82) is 0 Å². The van der Waals surface area contributed by atoms with Gasteiger partial charge in [-0.05, 0) is 36.6 Å². The molecule has 0 aliphatic heterocycles. The van der Waals surface area contributed by atoms with Crippen LogP contribution in [0.4, 0.5) is 5.69 Å². The molecule has 2 aromatic carbocycles. The molecular formula is C25H34ClN3O6S. The van der Waals surface area contributed by atoms with E-state index in [1.807, 2.05) is 13.8 Å². The summed E-state index contributed by atoms with van der Waals surface area (Å²) in [5.41, 5.74) is 0.853. The van der Waals surface area contributed by atoms with Crippen LogP contribution in [-0.4, -0.2) is 64.7 Å². The molecule has 0 saturated heterocycles. The number of ether oxygens (including phenoxy) is 2. The van der Waals surface area contributed by atoms with Crippen molar-refractivity contribution in [1.82, 2.24) is 10.2 Å². The van der Waals surface area contributed by atoms with Crippen molar-refractivity contribution < 1.29 is 27.5 Å². The van der Waals surface area contributed by atoms with Crippen molar-refractivity contribution >= 4 is 39.1 Å². The maximum Gasteiger partial charge on any atom is 0.244 e. The van der Waals surface area contributed by atoms with Crippen molar-refractivity contribution in [3.8, 4) is 11.5 Å². The predicted octanol–water partition coefficient (Wildman–Crippen LogP) is 3.31. The van der Waals surface area contributed by atoms with Gasteiger partial charge in [-0.2, -0.15) is 0 Å². The summed E-state index contributed by atoms with van der Waals surface area (Å²) in [4.78, 5) is 27.8. The molecule has 0 saturated carbocycles. The normalized spacial score (nSPS) is 12.1. The Morgan fingerprint density at radius 2 is 1.67 bits per heavy atom. The molecule has 2 amide bonds. The number of hydrogen-bond donors (Lipinski definition) is 1. The Hall–Kier alpha value is -2.98. The summed E-state index contributed by atoms with van der Waals surface area (Å²) in [6.45, 7) is 5.47.